The summed E-state index contributed by atoms with van der Waals surface area (Å²) < 4.78 is 13.7. The molecule has 0 radical (unpaired) electrons. The number of piperidine rings is 1. The van der Waals surface area contributed by atoms with E-state index in [-0.39, 0.29) is 5.82 Å². The average molecular weight is 339 g/mol. The Morgan fingerprint density at radius 1 is 0.875 bits per heavy atom. The smallest absolute Gasteiger partial charge is 0.146 e. The Morgan fingerprint density at radius 2 is 1.42 bits per heavy atom. The van der Waals surface area contributed by atoms with Crippen LogP contribution in [0.4, 0.5) is 10.1 Å². The number of likely N-dealkylation sites (tertiary alicyclic amines) is 1. The summed E-state index contributed by atoms with van der Waals surface area (Å²) >= 11 is 0. The number of rotatable bonds is 3. The molecule has 0 aliphatic carbocycles. The molecule has 0 bridgehead atoms. The van der Waals surface area contributed by atoms with E-state index in [4.69, 9.17) is 0 Å². The van der Waals surface area contributed by atoms with Gasteiger partial charge in [0.25, 0.3) is 0 Å². The number of hydrogen-bond donors (Lipinski definition) is 0. The second-order valence-corrected chi connectivity index (χ2v) is 5.54. The largest absolute Gasteiger partial charge is 0.369 e. The molecule has 0 unspecified atom stereocenters. The highest BCUT2D eigenvalue weighted by Gasteiger charge is 2.24. The summed E-state index contributed by atoms with van der Waals surface area (Å²) in [7, 11) is 0. The van der Waals surface area contributed by atoms with Crippen molar-refractivity contribution in [2.75, 3.05) is 37.6 Å². The summed E-state index contributed by atoms with van der Waals surface area (Å²) in [6, 6.07) is 7.13. The van der Waals surface area contributed by atoms with Crippen molar-refractivity contribution in [2.24, 2.45) is 5.92 Å². The van der Waals surface area contributed by atoms with Crippen LogP contribution in [0.1, 0.15) is 60.8 Å². The molecule has 140 valence electrons. The van der Waals surface area contributed by atoms with Crippen LogP contribution >= 0.6 is 0 Å². The van der Waals surface area contributed by atoms with Gasteiger partial charge in [0.05, 0.1) is 5.69 Å². The van der Waals surface area contributed by atoms with Crippen LogP contribution in [0.25, 0.3) is 0 Å². The number of para-hydroxylation sites is 1. The number of benzene rings is 1. The molecule has 2 nitrogen and oxygen atoms in total. The van der Waals surface area contributed by atoms with Gasteiger partial charge >= 0.3 is 0 Å². The fourth-order valence-corrected chi connectivity index (χ4v) is 2.99. The van der Waals surface area contributed by atoms with Gasteiger partial charge in [0.2, 0.25) is 0 Å². The Bertz CT molecular complexity index is 397. The summed E-state index contributed by atoms with van der Waals surface area (Å²) in [6.07, 6.45) is 3.77. The molecule has 0 saturated carbocycles. The summed E-state index contributed by atoms with van der Waals surface area (Å²) in [5, 5.41) is 0. The standard InChI is InChI=1S/C15H21FN2.3C2H6/c16-14-4-1-2-5-15(14)18-10-6-13(7-11-18)12-17-8-3-9-17;3*1-2/h1-2,4-5,13H,3,6-12H2;3*1-2H3. The van der Waals surface area contributed by atoms with Gasteiger partial charge in [-0.15, -0.1) is 0 Å². The Labute approximate surface area is 150 Å². The predicted octanol–water partition coefficient (Wildman–Crippen LogP) is 5.83. The van der Waals surface area contributed by atoms with Crippen molar-refractivity contribution < 1.29 is 4.39 Å². The second kappa shape index (κ2) is 14.3. The summed E-state index contributed by atoms with van der Waals surface area (Å²) in [4.78, 5) is 4.74. The first kappa shape index (κ1) is 22.9. The molecule has 3 rings (SSSR count). The van der Waals surface area contributed by atoms with Crippen LogP contribution in [0.5, 0.6) is 0 Å². The lowest BCUT2D eigenvalue weighted by Gasteiger charge is -2.39. The van der Waals surface area contributed by atoms with Gasteiger partial charge in [-0.3, -0.25) is 0 Å². The van der Waals surface area contributed by atoms with Gasteiger partial charge in [0.15, 0.2) is 0 Å². The van der Waals surface area contributed by atoms with Crippen LogP contribution in [0.3, 0.4) is 0 Å². The average Bonchev–Trinajstić information content (AvgIpc) is 2.64. The van der Waals surface area contributed by atoms with Gasteiger partial charge in [-0.2, -0.15) is 0 Å². The molecule has 1 aromatic rings. The Morgan fingerprint density at radius 3 is 1.88 bits per heavy atom. The minimum absolute atomic E-state index is 0.0845. The highest BCUT2D eigenvalue weighted by Crippen LogP contribution is 2.26. The van der Waals surface area contributed by atoms with E-state index in [1.54, 1.807) is 12.1 Å². The highest BCUT2D eigenvalue weighted by atomic mass is 19.1. The molecule has 1 aromatic carbocycles. The van der Waals surface area contributed by atoms with Crippen molar-refractivity contribution in [3.05, 3.63) is 30.1 Å². The van der Waals surface area contributed by atoms with Gasteiger partial charge < -0.3 is 9.80 Å². The minimum Gasteiger partial charge on any atom is -0.369 e. The predicted molar refractivity (Wildman–Crippen MR) is 106 cm³/mol. The van der Waals surface area contributed by atoms with Crippen molar-refractivity contribution in [1.29, 1.82) is 0 Å². The molecule has 0 N–H and O–H groups in total. The van der Waals surface area contributed by atoms with Gasteiger partial charge in [0, 0.05) is 19.6 Å². The zero-order valence-electron chi connectivity index (χ0n) is 16.8. The molecular formula is C21H39FN2. The van der Waals surface area contributed by atoms with E-state index in [0.29, 0.717) is 0 Å². The molecule has 0 aromatic heterocycles. The topological polar surface area (TPSA) is 6.48 Å². The molecule has 2 saturated heterocycles. The quantitative estimate of drug-likeness (QED) is 0.684. The number of hydrogen-bond acceptors (Lipinski definition) is 2. The Balaban J connectivity index is 0.000000798. The highest BCUT2D eigenvalue weighted by molar-refractivity contribution is 5.47. The van der Waals surface area contributed by atoms with Crippen molar-refractivity contribution in [2.45, 2.75) is 60.8 Å². The molecule has 3 heteroatoms. The van der Waals surface area contributed by atoms with Gasteiger partial charge in [-0.05, 0) is 50.4 Å². The van der Waals surface area contributed by atoms with Crippen LogP contribution < -0.4 is 4.90 Å². The minimum atomic E-state index is -0.0845. The molecular weight excluding hydrogens is 299 g/mol. The third-order valence-corrected chi connectivity index (χ3v) is 4.27. The number of halogens is 1. The first-order valence-electron chi connectivity index (χ1n) is 10.0. The van der Waals surface area contributed by atoms with Gasteiger partial charge in [-0.25, -0.2) is 4.39 Å². The molecule has 24 heavy (non-hydrogen) atoms. The second-order valence-electron chi connectivity index (χ2n) is 5.54. The van der Waals surface area contributed by atoms with Crippen molar-refractivity contribution in [3.8, 4) is 0 Å². The fourth-order valence-electron chi connectivity index (χ4n) is 2.99. The van der Waals surface area contributed by atoms with E-state index in [1.165, 1.54) is 38.9 Å². The van der Waals surface area contributed by atoms with E-state index in [2.05, 4.69) is 9.80 Å². The monoisotopic (exact) mass is 338 g/mol. The maximum Gasteiger partial charge on any atom is 0.146 e. The summed E-state index contributed by atoms with van der Waals surface area (Å²) in [5.41, 5.74) is 0.778. The van der Waals surface area contributed by atoms with Crippen molar-refractivity contribution in [1.82, 2.24) is 4.90 Å². The van der Waals surface area contributed by atoms with Gasteiger partial charge in [0.1, 0.15) is 5.82 Å². The van der Waals surface area contributed by atoms with Crippen LogP contribution in [-0.4, -0.2) is 37.6 Å². The lowest BCUT2D eigenvalue weighted by molar-refractivity contribution is 0.141. The van der Waals surface area contributed by atoms with Crippen LogP contribution in [0.15, 0.2) is 24.3 Å². The van der Waals surface area contributed by atoms with E-state index in [0.717, 1.165) is 24.7 Å². The third-order valence-electron chi connectivity index (χ3n) is 4.27. The molecule has 0 spiro atoms. The van der Waals surface area contributed by atoms with E-state index in [9.17, 15) is 4.39 Å². The van der Waals surface area contributed by atoms with Gasteiger partial charge in [-0.1, -0.05) is 53.7 Å². The summed E-state index contributed by atoms with van der Waals surface area (Å²) in [6.45, 7) is 17.8. The normalized spacial score (nSPS) is 17.2. The zero-order chi connectivity index (χ0) is 18.4. The first-order valence-corrected chi connectivity index (χ1v) is 10.0. The fraction of sp³-hybridized carbons (Fsp3) is 0.714. The number of nitrogens with zero attached hydrogens (tertiary/aromatic N) is 2. The molecule has 2 aliphatic heterocycles. The lowest BCUT2D eigenvalue weighted by Crippen LogP contribution is -2.44. The first-order chi connectivity index (χ1) is 11.8. The van der Waals surface area contributed by atoms with Crippen LogP contribution in [0.2, 0.25) is 0 Å². The maximum atomic E-state index is 13.7. The van der Waals surface area contributed by atoms with E-state index in [1.807, 2.05) is 53.7 Å². The summed E-state index contributed by atoms with van der Waals surface area (Å²) in [5.74, 6) is 0.729. The van der Waals surface area contributed by atoms with Crippen LogP contribution in [0, 0.1) is 11.7 Å². The Kier molecular flexibility index (Phi) is 13.6. The van der Waals surface area contributed by atoms with E-state index < -0.39 is 0 Å². The molecule has 0 amide bonds. The SMILES string of the molecule is CC.CC.CC.Fc1ccccc1N1CCC(CN2CCC2)CC1. The lowest BCUT2D eigenvalue weighted by atomic mass is 9.94. The molecule has 2 aliphatic rings. The molecule has 2 fully saturated rings. The third kappa shape index (κ3) is 7.21. The van der Waals surface area contributed by atoms with Crippen molar-refractivity contribution in [3.63, 3.8) is 0 Å². The maximum absolute atomic E-state index is 13.7. The molecule has 2 heterocycles. The Hall–Kier alpha value is -1.09. The van der Waals surface area contributed by atoms with Crippen molar-refractivity contribution >= 4 is 5.69 Å². The number of anilines is 1. The van der Waals surface area contributed by atoms with E-state index >= 15 is 0 Å². The van der Waals surface area contributed by atoms with Crippen LogP contribution in [-0.2, 0) is 0 Å². The zero-order valence-corrected chi connectivity index (χ0v) is 16.8. The molecule has 0 atom stereocenters.